The van der Waals surface area contributed by atoms with Crippen LogP contribution in [0.15, 0.2) is 39.1 Å². The van der Waals surface area contributed by atoms with E-state index in [2.05, 4.69) is 26.2 Å². The van der Waals surface area contributed by atoms with E-state index in [0.29, 0.717) is 11.6 Å². The number of halogens is 2. The second kappa shape index (κ2) is 5.32. The Labute approximate surface area is 133 Å². The third kappa shape index (κ3) is 2.60. The molecule has 0 atom stereocenters. The first-order valence-corrected chi connectivity index (χ1v) is 7.93. The fourth-order valence-electron chi connectivity index (χ4n) is 1.92. The van der Waals surface area contributed by atoms with E-state index in [9.17, 15) is 0 Å². The lowest BCUT2D eigenvalue weighted by molar-refractivity contribution is 1.31. The van der Waals surface area contributed by atoms with Gasteiger partial charge in [-0.25, -0.2) is 0 Å². The first-order valence-electron chi connectivity index (χ1n) is 5.54. The maximum absolute atomic E-state index is 6.28. The van der Waals surface area contributed by atoms with Gasteiger partial charge in [0.15, 0.2) is 0 Å². The van der Waals surface area contributed by atoms with Gasteiger partial charge in [0.25, 0.3) is 0 Å². The Hall–Kier alpha value is -0.750. The molecule has 0 amide bonds. The second-order valence-electron chi connectivity index (χ2n) is 3.99. The Morgan fingerprint density at radius 2 is 2.11 bits per heavy atom. The molecule has 0 saturated carbocycles. The molecule has 19 heavy (non-hydrogen) atoms. The molecule has 3 rings (SSSR count). The minimum Gasteiger partial charge on any atom is -0.340 e. The van der Waals surface area contributed by atoms with E-state index < -0.39 is 0 Å². The number of anilines is 1. The molecule has 2 aromatic rings. The van der Waals surface area contributed by atoms with E-state index in [1.165, 1.54) is 0 Å². The molecule has 1 aliphatic heterocycles. The third-order valence-corrected chi connectivity index (χ3v) is 4.83. The number of rotatable bonds is 1. The molecule has 1 aromatic carbocycles. The molecule has 1 aliphatic rings. The van der Waals surface area contributed by atoms with E-state index in [4.69, 9.17) is 23.8 Å². The molecular weight excluding hydrogens is 364 g/mol. The van der Waals surface area contributed by atoms with Crippen LogP contribution in [-0.2, 0) is 0 Å². The molecule has 0 spiro atoms. The number of fused-ring (bicyclic) bond motifs is 1. The number of aliphatic imine (C=N–C) groups is 1. The summed E-state index contributed by atoms with van der Waals surface area (Å²) in [5, 5.41) is 4.93. The van der Waals surface area contributed by atoms with Gasteiger partial charge in [0.2, 0.25) is 0 Å². The summed E-state index contributed by atoms with van der Waals surface area (Å²) in [7, 11) is 0. The van der Waals surface area contributed by atoms with Crippen molar-refractivity contribution in [2.24, 2.45) is 4.99 Å². The minimum atomic E-state index is 0.481. The Bertz CT molecular complexity index is 694. The average molecular weight is 372 g/mol. The minimum absolute atomic E-state index is 0.481. The van der Waals surface area contributed by atoms with Gasteiger partial charge >= 0.3 is 0 Å². The first kappa shape index (κ1) is 13.2. The van der Waals surface area contributed by atoms with Gasteiger partial charge in [-0.15, -0.1) is 11.3 Å². The Morgan fingerprint density at radius 3 is 2.89 bits per heavy atom. The Balaban J connectivity index is 2.20. The zero-order valence-electron chi connectivity index (χ0n) is 9.61. The molecule has 0 radical (unpaired) electrons. The van der Waals surface area contributed by atoms with E-state index in [1.807, 2.05) is 30.3 Å². The maximum atomic E-state index is 6.28. The smallest absolute Gasteiger partial charge is 0.104 e. The Kier molecular flexibility index (Phi) is 3.71. The quantitative estimate of drug-likeness (QED) is 0.731. The highest BCUT2D eigenvalue weighted by Crippen LogP contribution is 2.36. The van der Waals surface area contributed by atoms with E-state index >= 15 is 0 Å². The molecule has 0 unspecified atom stereocenters. The monoisotopic (exact) mass is 370 g/mol. The maximum Gasteiger partial charge on any atom is 0.104 e. The summed E-state index contributed by atoms with van der Waals surface area (Å²) < 4.78 is 1.04. The summed E-state index contributed by atoms with van der Waals surface area (Å²) in [5.41, 5.74) is 2.85. The molecule has 96 valence electrons. The van der Waals surface area contributed by atoms with Crippen molar-refractivity contribution in [1.29, 1.82) is 0 Å². The van der Waals surface area contributed by atoms with Crippen molar-refractivity contribution in [1.82, 2.24) is 0 Å². The van der Waals surface area contributed by atoms with Crippen LogP contribution in [0, 0.1) is 0 Å². The zero-order valence-corrected chi connectivity index (χ0v) is 13.6. The second-order valence-corrected chi connectivity index (χ2v) is 7.32. The summed E-state index contributed by atoms with van der Waals surface area (Å²) in [6.45, 7) is 0.481. The first-order chi connectivity index (χ1) is 9.15. The van der Waals surface area contributed by atoms with Crippen LogP contribution in [0.3, 0.4) is 0 Å². The van der Waals surface area contributed by atoms with Crippen LogP contribution in [0.2, 0.25) is 5.02 Å². The highest BCUT2D eigenvalue weighted by atomic mass is 79.9. The van der Waals surface area contributed by atoms with Crippen molar-refractivity contribution in [3.8, 4) is 0 Å². The van der Waals surface area contributed by atoms with Gasteiger partial charge < -0.3 is 5.32 Å². The number of thiocarbonyl (C=S) groups is 1. The molecule has 0 fully saturated rings. The lowest BCUT2D eigenvalue weighted by Gasteiger charge is -2.07. The number of benzene rings is 1. The van der Waals surface area contributed by atoms with E-state index in [0.717, 1.165) is 30.6 Å². The summed E-state index contributed by atoms with van der Waals surface area (Å²) in [4.78, 5) is 5.32. The van der Waals surface area contributed by atoms with Crippen molar-refractivity contribution in [3.63, 3.8) is 0 Å². The van der Waals surface area contributed by atoms with Crippen LogP contribution in [0.4, 0.5) is 5.00 Å². The van der Waals surface area contributed by atoms with Crippen LogP contribution < -0.4 is 5.32 Å². The molecule has 0 bridgehead atoms. The topological polar surface area (TPSA) is 24.4 Å². The molecule has 0 aliphatic carbocycles. The van der Waals surface area contributed by atoms with E-state index in [-0.39, 0.29) is 0 Å². The van der Waals surface area contributed by atoms with Crippen LogP contribution >= 0.6 is 51.1 Å². The summed E-state index contributed by atoms with van der Waals surface area (Å²) in [5.74, 6) is 0. The number of thiophene rings is 1. The van der Waals surface area contributed by atoms with Crippen molar-refractivity contribution in [2.75, 3.05) is 11.9 Å². The fourth-order valence-corrected chi connectivity index (χ4v) is 3.90. The number of hydrogen-bond donors (Lipinski definition) is 1. The lowest BCUT2D eigenvalue weighted by atomic mass is 10.0. The van der Waals surface area contributed by atoms with E-state index in [1.54, 1.807) is 11.3 Å². The molecule has 0 saturated heterocycles. The largest absolute Gasteiger partial charge is 0.340 e. The predicted octanol–water partition coefficient (Wildman–Crippen LogP) is 4.75. The molecule has 6 heteroatoms. The summed E-state index contributed by atoms with van der Waals surface area (Å²) >= 11 is 16.6. The molecular formula is C13H8BrClN2S2. The highest BCUT2D eigenvalue weighted by Gasteiger charge is 2.20. The van der Waals surface area contributed by atoms with Crippen molar-refractivity contribution in [3.05, 3.63) is 50.3 Å². The van der Waals surface area contributed by atoms with Gasteiger partial charge in [0.1, 0.15) is 9.99 Å². The van der Waals surface area contributed by atoms with Gasteiger partial charge in [-0.2, -0.15) is 0 Å². The standard InChI is InChI=1S/C13H8BrClN2S2/c14-10-5-8-12(7-3-1-2-4-9(7)15)16-6-11(18)17-13(8)19-10/h1-5H,6H2,(H,17,18). The molecule has 1 aromatic heterocycles. The normalized spacial score (nSPS) is 14.4. The zero-order chi connectivity index (χ0) is 13.4. The molecule has 1 N–H and O–H groups in total. The van der Waals surface area contributed by atoms with Crippen LogP contribution in [-0.4, -0.2) is 17.2 Å². The lowest BCUT2D eigenvalue weighted by Crippen LogP contribution is -2.09. The summed E-state index contributed by atoms with van der Waals surface area (Å²) in [6, 6.07) is 9.77. The third-order valence-electron chi connectivity index (χ3n) is 2.72. The molecule has 2 nitrogen and oxygen atoms in total. The highest BCUT2D eigenvalue weighted by molar-refractivity contribution is 9.11. The van der Waals surface area contributed by atoms with Gasteiger partial charge in [0, 0.05) is 16.1 Å². The van der Waals surface area contributed by atoms with Gasteiger partial charge in [-0.05, 0) is 28.1 Å². The molecule has 2 heterocycles. The van der Waals surface area contributed by atoms with Crippen molar-refractivity contribution in [2.45, 2.75) is 0 Å². The van der Waals surface area contributed by atoms with Gasteiger partial charge in [0.05, 0.1) is 16.0 Å². The van der Waals surface area contributed by atoms with Gasteiger partial charge in [-0.1, -0.05) is 42.0 Å². The Morgan fingerprint density at radius 1 is 1.32 bits per heavy atom. The number of nitrogens with zero attached hydrogens (tertiary/aromatic N) is 1. The SMILES string of the molecule is S=C1CN=C(c2ccccc2Cl)c2cc(Br)sc2N1. The van der Waals surface area contributed by atoms with Gasteiger partial charge in [-0.3, -0.25) is 4.99 Å². The number of hydrogen-bond acceptors (Lipinski definition) is 3. The van der Waals surface area contributed by atoms with Crippen molar-refractivity contribution >= 4 is 66.8 Å². The predicted molar refractivity (Wildman–Crippen MR) is 90.2 cm³/mol. The van der Waals surface area contributed by atoms with Crippen LogP contribution in [0.5, 0.6) is 0 Å². The van der Waals surface area contributed by atoms with Crippen LogP contribution in [0.25, 0.3) is 0 Å². The fraction of sp³-hybridized carbons (Fsp3) is 0.0769. The van der Waals surface area contributed by atoms with Crippen molar-refractivity contribution < 1.29 is 0 Å². The number of nitrogens with one attached hydrogen (secondary N) is 1. The van der Waals surface area contributed by atoms with Crippen LogP contribution in [0.1, 0.15) is 11.1 Å². The average Bonchev–Trinajstić information content (AvgIpc) is 2.65. The summed E-state index contributed by atoms with van der Waals surface area (Å²) in [6.07, 6.45) is 0.